The van der Waals surface area contributed by atoms with E-state index in [0.29, 0.717) is 36.5 Å². The zero-order chi connectivity index (χ0) is 23.6. The van der Waals surface area contributed by atoms with Crippen molar-refractivity contribution in [1.29, 1.82) is 0 Å². The second-order valence-electron chi connectivity index (χ2n) is 7.76. The van der Waals surface area contributed by atoms with Crippen molar-refractivity contribution < 1.29 is 13.2 Å². The van der Waals surface area contributed by atoms with Gasteiger partial charge in [-0.05, 0) is 30.3 Å². The Hall–Kier alpha value is -3.30. The Balaban J connectivity index is 1.52. The molecule has 172 valence electrons. The van der Waals surface area contributed by atoms with Gasteiger partial charge in [0.25, 0.3) is 0 Å². The number of aryl methyl sites for hydroxylation is 2. The Morgan fingerprint density at radius 2 is 1.85 bits per heavy atom. The number of nitrogens with zero attached hydrogens (tertiary/aromatic N) is 4. The molecule has 2 aromatic heterocycles. The summed E-state index contributed by atoms with van der Waals surface area (Å²) in [7, 11) is -1.69. The van der Waals surface area contributed by atoms with Crippen LogP contribution in [-0.4, -0.2) is 46.3 Å². The molecule has 0 atom stereocenters. The number of amides is 1. The minimum absolute atomic E-state index is 0.134. The molecule has 0 fully saturated rings. The van der Waals surface area contributed by atoms with Crippen molar-refractivity contribution in [2.75, 3.05) is 18.4 Å². The summed E-state index contributed by atoms with van der Waals surface area (Å²) in [4.78, 5) is 21.8. The number of benzene rings is 2. The fraction of sp³-hybridized carbons (Fsp3) is 0.292. The molecule has 4 rings (SSSR count). The first-order chi connectivity index (χ1) is 15.8. The number of aromatic nitrogens is 3. The Bertz CT molecular complexity index is 1420. The minimum Gasteiger partial charge on any atom is -0.331 e. The lowest BCUT2D eigenvalue weighted by Crippen LogP contribution is -2.30. The number of imidazole rings is 1. The van der Waals surface area contributed by atoms with Crippen molar-refractivity contribution in [1.82, 2.24) is 18.8 Å². The lowest BCUT2D eigenvalue weighted by Gasteiger charge is -2.18. The van der Waals surface area contributed by atoms with Crippen LogP contribution in [0.25, 0.3) is 21.9 Å². The summed E-state index contributed by atoms with van der Waals surface area (Å²) in [6.07, 6.45) is 2.37. The molecule has 0 saturated carbocycles. The molecule has 0 unspecified atom stereocenters. The van der Waals surface area contributed by atoms with Crippen molar-refractivity contribution >= 4 is 43.6 Å². The third kappa shape index (κ3) is 4.46. The highest BCUT2D eigenvalue weighted by molar-refractivity contribution is 7.89. The molecule has 0 bridgehead atoms. The van der Waals surface area contributed by atoms with Crippen molar-refractivity contribution in [3.05, 3.63) is 60.6 Å². The predicted octanol–water partition coefficient (Wildman–Crippen LogP) is 3.72. The average molecular weight is 466 g/mol. The maximum atomic E-state index is 12.8. The molecule has 2 aromatic carbocycles. The number of pyridine rings is 1. The standard InChI is InChI=1S/C24H27N5O3S/c1-4-29(5-2)33(31,32)18-11-12-21-20(16-18)26-22(28(21)3)13-14-23(30)27-19-10-6-8-17-9-7-15-25-24(17)19/h6-12,15-16H,4-5,13-14H2,1-3H3,(H,27,30). The summed E-state index contributed by atoms with van der Waals surface area (Å²) >= 11 is 0. The van der Waals surface area contributed by atoms with Gasteiger partial charge in [-0.15, -0.1) is 0 Å². The van der Waals surface area contributed by atoms with Crippen LogP contribution in [0.5, 0.6) is 0 Å². The molecule has 2 heterocycles. The van der Waals surface area contributed by atoms with E-state index in [4.69, 9.17) is 0 Å². The molecule has 0 radical (unpaired) electrons. The lowest BCUT2D eigenvalue weighted by molar-refractivity contribution is -0.116. The van der Waals surface area contributed by atoms with Crippen LogP contribution in [0.1, 0.15) is 26.1 Å². The molecule has 0 aliphatic carbocycles. The molecule has 0 spiro atoms. The average Bonchev–Trinajstić information content (AvgIpc) is 3.13. The Kier molecular flexibility index (Phi) is 6.44. The maximum absolute atomic E-state index is 12.8. The minimum atomic E-state index is -3.56. The molecule has 9 heteroatoms. The van der Waals surface area contributed by atoms with Gasteiger partial charge in [0.1, 0.15) is 5.82 Å². The number of sulfonamides is 1. The van der Waals surface area contributed by atoms with E-state index >= 15 is 0 Å². The number of fused-ring (bicyclic) bond motifs is 2. The highest BCUT2D eigenvalue weighted by atomic mass is 32.2. The number of rotatable bonds is 8. The van der Waals surface area contributed by atoms with Gasteiger partial charge in [0.2, 0.25) is 15.9 Å². The molecule has 0 saturated heterocycles. The number of nitrogens with one attached hydrogen (secondary N) is 1. The van der Waals surface area contributed by atoms with E-state index in [-0.39, 0.29) is 17.2 Å². The van der Waals surface area contributed by atoms with Crippen molar-refractivity contribution in [2.24, 2.45) is 7.05 Å². The normalized spacial score (nSPS) is 12.0. The van der Waals surface area contributed by atoms with Gasteiger partial charge in [-0.2, -0.15) is 4.31 Å². The molecule has 1 amide bonds. The number of hydrogen-bond acceptors (Lipinski definition) is 5. The van der Waals surface area contributed by atoms with Crippen LogP contribution in [0.15, 0.2) is 59.6 Å². The summed E-state index contributed by atoms with van der Waals surface area (Å²) in [5.41, 5.74) is 2.84. The van der Waals surface area contributed by atoms with Gasteiger partial charge in [0.15, 0.2) is 0 Å². The maximum Gasteiger partial charge on any atom is 0.243 e. The fourth-order valence-electron chi connectivity index (χ4n) is 3.97. The molecular formula is C24H27N5O3S. The molecular weight excluding hydrogens is 438 g/mol. The Labute approximate surface area is 193 Å². The summed E-state index contributed by atoms with van der Waals surface area (Å²) in [6.45, 7) is 4.45. The molecule has 8 nitrogen and oxygen atoms in total. The van der Waals surface area contributed by atoms with Crippen molar-refractivity contribution in [2.45, 2.75) is 31.6 Å². The first-order valence-corrected chi connectivity index (χ1v) is 12.4. The van der Waals surface area contributed by atoms with Gasteiger partial charge in [-0.25, -0.2) is 13.4 Å². The number of anilines is 1. The van der Waals surface area contributed by atoms with E-state index < -0.39 is 10.0 Å². The van der Waals surface area contributed by atoms with Crippen LogP contribution in [-0.2, 0) is 28.3 Å². The highest BCUT2D eigenvalue weighted by Crippen LogP contribution is 2.24. The van der Waals surface area contributed by atoms with E-state index in [1.165, 1.54) is 4.31 Å². The number of hydrogen-bond donors (Lipinski definition) is 1. The van der Waals surface area contributed by atoms with Gasteiger partial charge in [0, 0.05) is 44.6 Å². The predicted molar refractivity (Wildman–Crippen MR) is 130 cm³/mol. The van der Waals surface area contributed by atoms with Crippen LogP contribution < -0.4 is 5.32 Å². The first kappa shape index (κ1) is 22.9. The fourth-order valence-corrected chi connectivity index (χ4v) is 5.45. The number of carbonyl (C=O) groups is 1. The molecule has 0 aliphatic heterocycles. The second kappa shape index (κ2) is 9.29. The highest BCUT2D eigenvalue weighted by Gasteiger charge is 2.22. The molecule has 4 aromatic rings. The quantitative estimate of drug-likeness (QED) is 0.428. The van der Waals surface area contributed by atoms with E-state index in [1.807, 2.05) is 55.8 Å². The molecule has 1 N–H and O–H groups in total. The summed E-state index contributed by atoms with van der Waals surface area (Å²) < 4.78 is 29.0. The van der Waals surface area contributed by atoms with Crippen LogP contribution in [0.3, 0.4) is 0 Å². The summed E-state index contributed by atoms with van der Waals surface area (Å²) in [6, 6.07) is 14.5. The third-order valence-corrected chi connectivity index (χ3v) is 7.82. The van der Waals surface area contributed by atoms with Crippen molar-refractivity contribution in [3.63, 3.8) is 0 Å². The van der Waals surface area contributed by atoms with E-state index in [9.17, 15) is 13.2 Å². The molecule has 33 heavy (non-hydrogen) atoms. The topological polar surface area (TPSA) is 97.2 Å². The van der Waals surface area contributed by atoms with Gasteiger partial charge < -0.3 is 9.88 Å². The summed E-state index contributed by atoms with van der Waals surface area (Å²) in [5.74, 6) is 0.582. The van der Waals surface area contributed by atoms with Gasteiger partial charge >= 0.3 is 0 Å². The second-order valence-corrected chi connectivity index (χ2v) is 9.69. The van der Waals surface area contributed by atoms with Crippen LogP contribution in [0, 0.1) is 0 Å². The largest absolute Gasteiger partial charge is 0.331 e. The van der Waals surface area contributed by atoms with E-state index in [2.05, 4.69) is 15.3 Å². The van der Waals surface area contributed by atoms with Crippen LogP contribution in [0.4, 0.5) is 5.69 Å². The zero-order valence-electron chi connectivity index (χ0n) is 18.9. The lowest BCUT2D eigenvalue weighted by atomic mass is 10.2. The monoisotopic (exact) mass is 465 g/mol. The van der Waals surface area contributed by atoms with Crippen LogP contribution in [0.2, 0.25) is 0 Å². The zero-order valence-corrected chi connectivity index (χ0v) is 19.8. The number of para-hydroxylation sites is 1. The third-order valence-electron chi connectivity index (χ3n) is 5.77. The smallest absolute Gasteiger partial charge is 0.243 e. The Morgan fingerprint density at radius 1 is 1.09 bits per heavy atom. The SMILES string of the molecule is CCN(CC)S(=O)(=O)c1ccc2c(c1)nc(CCC(=O)Nc1cccc3cccnc13)n2C. The van der Waals surface area contributed by atoms with Crippen LogP contribution >= 0.6 is 0 Å². The van der Waals surface area contributed by atoms with E-state index in [0.717, 1.165) is 16.4 Å². The van der Waals surface area contributed by atoms with Crippen molar-refractivity contribution in [3.8, 4) is 0 Å². The summed E-state index contributed by atoms with van der Waals surface area (Å²) in [5, 5.41) is 3.90. The molecule has 0 aliphatic rings. The van der Waals surface area contributed by atoms with Gasteiger partial charge in [-0.3, -0.25) is 9.78 Å². The Morgan fingerprint density at radius 3 is 2.61 bits per heavy atom. The number of carbonyl (C=O) groups excluding carboxylic acids is 1. The van der Waals surface area contributed by atoms with Gasteiger partial charge in [-0.1, -0.05) is 32.0 Å². The first-order valence-electron chi connectivity index (χ1n) is 10.9. The van der Waals surface area contributed by atoms with E-state index in [1.54, 1.807) is 24.4 Å². The van der Waals surface area contributed by atoms with Gasteiger partial charge in [0.05, 0.1) is 27.1 Å².